The van der Waals surface area contributed by atoms with Gasteiger partial charge in [-0.25, -0.2) is 0 Å². The van der Waals surface area contributed by atoms with Crippen molar-refractivity contribution in [1.82, 2.24) is 55.6 Å². The third-order valence-corrected chi connectivity index (χ3v) is 17.1. The summed E-state index contributed by atoms with van der Waals surface area (Å²) >= 11 is 0. The van der Waals surface area contributed by atoms with Gasteiger partial charge in [0.25, 0.3) is 10.1 Å². The van der Waals surface area contributed by atoms with E-state index < -0.39 is 178 Å². The molecule has 0 bridgehead atoms. The Bertz CT molecular complexity index is 2650. The van der Waals surface area contributed by atoms with Gasteiger partial charge >= 0.3 is 5.97 Å². The van der Waals surface area contributed by atoms with Crippen LogP contribution in [0.25, 0.3) is 0 Å². The molecule has 1 unspecified atom stereocenters. The van der Waals surface area contributed by atoms with Gasteiger partial charge in [-0.15, -0.1) is 0 Å². The second-order valence-corrected chi connectivity index (χ2v) is 28.8. The lowest BCUT2D eigenvalue weighted by Crippen LogP contribution is -2.64. The first-order chi connectivity index (χ1) is 41.7. The molecule has 11 amide bonds. The van der Waals surface area contributed by atoms with Crippen LogP contribution in [0.15, 0.2) is 0 Å². The van der Waals surface area contributed by atoms with Crippen LogP contribution in [-0.4, -0.2) is 249 Å². The summed E-state index contributed by atoms with van der Waals surface area (Å²) < 4.78 is 35.0. The predicted molar refractivity (Wildman–Crippen MR) is 344 cm³/mol. The molecule has 1 saturated heterocycles. The molecule has 91 heavy (non-hydrogen) atoms. The lowest BCUT2D eigenvalue weighted by Gasteiger charge is -2.42. The number of esters is 1. The minimum absolute atomic E-state index is 0.0750. The standard InChI is InChI=1S/C63H113N11O16S/c1-26-44-59(82)68(18)33-49(76)69(19)45(29-34(2)3)56(79)67-50(38(10)11)62(85)70(20)46(30-35(4)5)55(78)64-41(15)54(77)65-42(16)58(81)71(21)47(31-36(6)7)60(83)72(22)48(32-37(8)9)61(84)73(23)51(39(12)13)63(86)74(24)52(57(80)66-44)53(90-43(17)75)40(14)27-28-89-91(25,87)88/h34-42,44-48,50-53H,26-33H2,1-25H3,(H,64,78)(H,65,77)(H,66,80)(H,67,79)/t40-,41+,42-,44+,45+,46+,47+,48+,50+,51+,52?,53-/m1/s1. The molecule has 0 spiro atoms. The fraction of sp³-hybridized carbons (Fsp3) is 0.810. The number of ether oxygens (including phenoxy) is 1. The van der Waals surface area contributed by atoms with E-state index in [-0.39, 0.29) is 62.2 Å². The smallest absolute Gasteiger partial charge is 0.303 e. The van der Waals surface area contributed by atoms with E-state index in [0.29, 0.717) is 0 Å². The van der Waals surface area contributed by atoms with Crippen LogP contribution in [0.4, 0.5) is 0 Å². The van der Waals surface area contributed by atoms with Gasteiger partial charge < -0.3 is 60.3 Å². The molecular weight excluding hydrogens is 1200 g/mol. The lowest BCUT2D eigenvalue weighted by atomic mass is 9.91. The molecule has 1 fully saturated rings. The van der Waals surface area contributed by atoms with Crippen LogP contribution >= 0.6 is 0 Å². The van der Waals surface area contributed by atoms with Gasteiger partial charge in [-0.1, -0.05) is 96.9 Å². The Kier molecular flexibility index (Phi) is 33.3. The van der Waals surface area contributed by atoms with E-state index in [1.165, 1.54) is 89.7 Å². The Morgan fingerprint density at radius 1 is 0.495 bits per heavy atom. The molecule has 28 heteroatoms. The first-order valence-corrected chi connectivity index (χ1v) is 33.6. The molecule has 0 aliphatic carbocycles. The maximum atomic E-state index is 15.4. The first kappa shape index (κ1) is 82.6. The van der Waals surface area contributed by atoms with Crippen molar-refractivity contribution in [3.05, 3.63) is 0 Å². The van der Waals surface area contributed by atoms with Crippen molar-refractivity contribution in [2.45, 2.75) is 223 Å². The van der Waals surface area contributed by atoms with Crippen LogP contribution in [0.1, 0.15) is 156 Å². The van der Waals surface area contributed by atoms with E-state index in [1.807, 2.05) is 55.4 Å². The van der Waals surface area contributed by atoms with Gasteiger partial charge in [0.15, 0.2) is 0 Å². The largest absolute Gasteiger partial charge is 0.459 e. The molecule has 0 aromatic heterocycles. The number of carbonyl (C=O) groups is 12. The molecule has 0 saturated carbocycles. The first-order valence-electron chi connectivity index (χ1n) is 31.8. The summed E-state index contributed by atoms with van der Waals surface area (Å²) in [4.78, 5) is 183. The minimum atomic E-state index is -3.97. The van der Waals surface area contributed by atoms with Crippen LogP contribution < -0.4 is 21.3 Å². The van der Waals surface area contributed by atoms with Crippen LogP contribution in [0.2, 0.25) is 0 Å². The average Bonchev–Trinajstić information content (AvgIpc) is 0.830. The zero-order valence-electron chi connectivity index (χ0n) is 59.1. The SMILES string of the molecule is CC[C@@H]1NC(=O)C([C@H](OC(C)=O)[C@H](C)CCOS(C)(=O)=O)N(C)C(=O)[C@H](C(C)C)N(C)C(=O)[C@H](CC(C)C)N(C)C(=O)[C@H](CC(C)C)N(C)C(=O)[C@@H](C)NC(=O)[C@H](C)NC(=O)[C@H](CC(C)C)N(C)C(=O)[C@H](C(C)C)NC(=O)[C@H](CC(C)C)N(C)C(=O)CN(C)C1=O. The van der Waals surface area contributed by atoms with Crippen molar-refractivity contribution in [3.63, 3.8) is 0 Å². The molecule has 0 aromatic rings. The fourth-order valence-corrected chi connectivity index (χ4v) is 11.5. The third-order valence-electron chi connectivity index (χ3n) is 16.5. The van der Waals surface area contributed by atoms with E-state index in [0.717, 1.165) is 27.9 Å². The van der Waals surface area contributed by atoms with Crippen molar-refractivity contribution in [2.75, 3.05) is 68.7 Å². The maximum absolute atomic E-state index is 15.4. The molecule has 1 aliphatic rings. The number of nitrogens with zero attached hydrogens (tertiary/aromatic N) is 7. The third kappa shape index (κ3) is 24.5. The number of carbonyl (C=O) groups excluding carboxylic acids is 12. The molecule has 1 heterocycles. The molecule has 0 aromatic carbocycles. The zero-order valence-corrected chi connectivity index (χ0v) is 59.9. The highest BCUT2D eigenvalue weighted by molar-refractivity contribution is 7.85. The quantitative estimate of drug-likeness (QED) is 0.113. The molecule has 12 atom stereocenters. The summed E-state index contributed by atoms with van der Waals surface area (Å²) in [5.74, 6) is -12.0. The van der Waals surface area contributed by atoms with E-state index in [1.54, 1.807) is 34.6 Å². The minimum Gasteiger partial charge on any atom is -0.459 e. The number of amides is 11. The Morgan fingerprint density at radius 2 is 0.912 bits per heavy atom. The van der Waals surface area contributed by atoms with E-state index in [2.05, 4.69) is 21.3 Å². The summed E-state index contributed by atoms with van der Waals surface area (Å²) in [7, 11) is 5.58. The van der Waals surface area contributed by atoms with Gasteiger partial charge in [0.2, 0.25) is 65.0 Å². The highest BCUT2D eigenvalue weighted by atomic mass is 32.2. The molecule has 27 nitrogen and oxygen atoms in total. The molecule has 1 aliphatic heterocycles. The Morgan fingerprint density at radius 3 is 1.35 bits per heavy atom. The van der Waals surface area contributed by atoms with Gasteiger partial charge in [0, 0.05) is 56.3 Å². The van der Waals surface area contributed by atoms with Crippen LogP contribution in [0, 0.1) is 41.4 Å². The van der Waals surface area contributed by atoms with Crippen molar-refractivity contribution < 1.29 is 74.9 Å². The Hall–Kier alpha value is -6.45. The zero-order chi connectivity index (χ0) is 70.8. The Labute approximate surface area is 542 Å². The maximum Gasteiger partial charge on any atom is 0.303 e. The topological polar surface area (TPSA) is 328 Å². The molecule has 4 N–H and O–H groups in total. The van der Waals surface area contributed by atoms with Crippen molar-refractivity contribution in [2.24, 2.45) is 41.4 Å². The van der Waals surface area contributed by atoms with Gasteiger partial charge in [-0.3, -0.25) is 61.7 Å². The van der Waals surface area contributed by atoms with E-state index in [4.69, 9.17) is 8.92 Å². The summed E-state index contributed by atoms with van der Waals surface area (Å²) in [6.45, 7) is 27.4. The summed E-state index contributed by atoms with van der Waals surface area (Å²) in [5, 5.41) is 10.9. The van der Waals surface area contributed by atoms with E-state index in [9.17, 15) is 46.8 Å². The number of nitrogens with one attached hydrogen (secondary N) is 4. The van der Waals surface area contributed by atoms with E-state index >= 15 is 19.2 Å². The van der Waals surface area contributed by atoms with Crippen LogP contribution in [-0.2, 0) is 76.6 Å². The van der Waals surface area contributed by atoms with Gasteiger partial charge in [-0.2, -0.15) is 8.42 Å². The molecule has 0 radical (unpaired) electrons. The lowest BCUT2D eigenvalue weighted by molar-refractivity contribution is -0.164. The van der Waals surface area contributed by atoms with Crippen LogP contribution in [0.5, 0.6) is 0 Å². The Balaban J connectivity index is 4.48. The molecule has 522 valence electrons. The average molecular weight is 1310 g/mol. The number of likely N-dealkylation sites (N-methyl/N-ethyl adjacent to an activating group) is 7. The van der Waals surface area contributed by atoms with Crippen molar-refractivity contribution in [3.8, 4) is 0 Å². The highest BCUT2D eigenvalue weighted by Gasteiger charge is 2.47. The molecular formula is C63H113N11O16S. The van der Waals surface area contributed by atoms with Gasteiger partial charge in [0.05, 0.1) is 19.4 Å². The summed E-state index contributed by atoms with van der Waals surface area (Å²) in [6, 6.07) is -13.1. The normalized spacial score (nSPS) is 25.9. The van der Waals surface area contributed by atoms with Crippen molar-refractivity contribution >= 4 is 81.1 Å². The number of hydrogen-bond donors (Lipinski definition) is 4. The highest BCUT2D eigenvalue weighted by Crippen LogP contribution is 2.27. The van der Waals surface area contributed by atoms with Gasteiger partial charge in [-0.05, 0) is 93.8 Å². The fourth-order valence-electron chi connectivity index (χ4n) is 11.1. The number of hydrogen-bond acceptors (Lipinski definition) is 16. The van der Waals surface area contributed by atoms with Gasteiger partial charge in [0.1, 0.15) is 66.5 Å². The monoisotopic (exact) mass is 1310 g/mol. The van der Waals surface area contributed by atoms with Crippen molar-refractivity contribution in [1.29, 1.82) is 0 Å². The second-order valence-electron chi connectivity index (χ2n) is 27.2. The summed E-state index contributed by atoms with van der Waals surface area (Å²) in [5.41, 5.74) is 0. The van der Waals surface area contributed by atoms with Crippen LogP contribution in [0.3, 0.4) is 0 Å². The predicted octanol–water partition coefficient (Wildman–Crippen LogP) is 2.24. The summed E-state index contributed by atoms with van der Waals surface area (Å²) in [6.07, 6.45) is -0.508. The number of rotatable bonds is 18. The molecule has 1 rings (SSSR count). The second kappa shape index (κ2) is 36.7.